The molecule has 3 fully saturated rings. The number of amides is 1. The number of fused-ring (bicyclic) bond motifs is 1. The standard InChI is InChI=1S/C28H33F2N5O4S/c1-33-9-4-19-14-20(15-24(25(19)33)35-17-28(29,30)18-35)26(37)31-22-3-2-21(32-40(38,39)13-12-36)16-23(22)34-10-7-27(5-6-27)8-11-34/h2-4,9,14-16,32,36H,5-8,10-13,17-18H2,1H3,(H,31,37). The molecule has 0 radical (unpaired) electrons. The summed E-state index contributed by atoms with van der Waals surface area (Å²) in [5, 5.41) is 12.9. The van der Waals surface area contributed by atoms with Crippen LogP contribution in [-0.2, 0) is 17.1 Å². The lowest BCUT2D eigenvalue weighted by molar-refractivity contribution is -0.0261. The van der Waals surface area contributed by atoms with Crippen LogP contribution in [-0.4, -0.2) is 68.5 Å². The van der Waals surface area contributed by atoms with Crippen molar-refractivity contribution in [2.24, 2.45) is 12.5 Å². The number of carbonyl (C=O) groups excluding carboxylic acids is 1. The molecule has 3 heterocycles. The molecule has 9 nitrogen and oxygen atoms in total. The van der Waals surface area contributed by atoms with Crippen molar-refractivity contribution in [3.63, 3.8) is 0 Å². The van der Waals surface area contributed by atoms with E-state index in [4.69, 9.17) is 5.11 Å². The zero-order valence-corrected chi connectivity index (χ0v) is 23.1. The summed E-state index contributed by atoms with van der Waals surface area (Å²) >= 11 is 0. The predicted octanol–water partition coefficient (Wildman–Crippen LogP) is 4.00. The number of nitrogens with zero attached hydrogens (tertiary/aromatic N) is 3. The summed E-state index contributed by atoms with van der Waals surface area (Å²) in [7, 11) is -1.88. The molecule has 0 bridgehead atoms. The predicted molar refractivity (Wildman–Crippen MR) is 152 cm³/mol. The highest BCUT2D eigenvalue weighted by atomic mass is 32.2. The Kier molecular flexibility index (Phi) is 6.45. The first kappa shape index (κ1) is 26.8. The second-order valence-corrected chi connectivity index (χ2v) is 13.2. The third-order valence-electron chi connectivity index (χ3n) is 8.40. The number of hydrogen-bond donors (Lipinski definition) is 3. The number of sulfonamides is 1. The number of alkyl halides is 2. The molecule has 2 aromatic carbocycles. The smallest absolute Gasteiger partial charge is 0.282 e. The molecular formula is C28H33F2N5O4S. The summed E-state index contributed by atoms with van der Waals surface area (Å²) in [6.45, 7) is 0.296. The van der Waals surface area contributed by atoms with Crippen LogP contribution >= 0.6 is 0 Å². The molecule has 1 aromatic heterocycles. The Labute approximate surface area is 231 Å². The van der Waals surface area contributed by atoms with E-state index >= 15 is 0 Å². The zero-order chi connectivity index (χ0) is 28.3. The van der Waals surface area contributed by atoms with Crippen LogP contribution in [0.1, 0.15) is 36.0 Å². The van der Waals surface area contributed by atoms with Gasteiger partial charge in [0.15, 0.2) is 0 Å². The summed E-state index contributed by atoms with van der Waals surface area (Å²) < 4.78 is 56.4. The fraction of sp³-hybridized carbons (Fsp3) is 0.464. The number of aryl methyl sites for hydroxylation is 1. The molecule has 2 saturated heterocycles. The molecule has 12 heteroatoms. The maximum Gasteiger partial charge on any atom is 0.282 e. The van der Waals surface area contributed by atoms with Crippen molar-refractivity contribution >= 4 is 49.6 Å². The molecule has 6 rings (SSSR count). The van der Waals surface area contributed by atoms with E-state index in [1.54, 1.807) is 35.2 Å². The quantitative estimate of drug-likeness (QED) is 0.376. The van der Waals surface area contributed by atoms with Crippen LogP contribution in [0, 0.1) is 5.41 Å². The van der Waals surface area contributed by atoms with Gasteiger partial charge in [-0.3, -0.25) is 9.52 Å². The van der Waals surface area contributed by atoms with Crippen molar-refractivity contribution < 1.29 is 27.1 Å². The number of aliphatic hydroxyl groups is 1. The minimum Gasteiger partial charge on any atom is -0.395 e. The number of halogens is 2. The van der Waals surface area contributed by atoms with E-state index in [1.165, 1.54) is 12.8 Å². The molecule has 1 aliphatic carbocycles. The van der Waals surface area contributed by atoms with Gasteiger partial charge in [0.2, 0.25) is 10.0 Å². The Hall–Kier alpha value is -3.38. The first-order valence-corrected chi connectivity index (χ1v) is 15.2. The molecule has 0 unspecified atom stereocenters. The normalized spacial score (nSPS) is 19.5. The van der Waals surface area contributed by atoms with Crippen LogP contribution in [0.15, 0.2) is 42.6 Å². The topological polar surface area (TPSA) is 107 Å². The third kappa shape index (κ3) is 5.22. The van der Waals surface area contributed by atoms with E-state index in [9.17, 15) is 22.0 Å². The Morgan fingerprint density at radius 2 is 1.73 bits per heavy atom. The average molecular weight is 574 g/mol. The van der Waals surface area contributed by atoms with Crippen LogP contribution in [0.5, 0.6) is 0 Å². The molecule has 214 valence electrons. The molecule has 3 aromatic rings. The zero-order valence-electron chi connectivity index (χ0n) is 22.3. The number of aliphatic hydroxyl groups excluding tert-OH is 1. The number of piperidine rings is 1. The number of benzene rings is 2. The molecular weight excluding hydrogens is 540 g/mol. The number of carbonyl (C=O) groups is 1. The second-order valence-electron chi connectivity index (χ2n) is 11.4. The Morgan fingerprint density at radius 1 is 1.00 bits per heavy atom. The van der Waals surface area contributed by atoms with Crippen molar-refractivity contribution in [3.05, 3.63) is 48.2 Å². The Morgan fingerprint density at radius 3 is 2.38 bits per heavy atom. The van der Waals surface area contributed by atoms with Crippen molar-refractivity contribution in [2.45, 2.75) is 31.6 Å². The molecule has 1 saturated carbocycles. The van der Waals surface area contributed by atoms with E-state index in [0.717, 1.165) is 36.8 Å². The number of rotatable bonds is 8. The third-order valence-corrected chi connectivity index (χ3v) is 9.66. The van der Waals surface area contributed by atoms with Crippen molar-refractivity contribution in [1.29, 1.82) is 0 Å². The van der Waals surface area contributed by atoms with Gasteiger partial charge < -0.3 is 24.8 Å². The summed E-state index contributed by atoms with van der Waals surface area (Å²) in [6.07, 6.45) is 6.38. The van der Waals surface area contributed by atoms with Crippen LogP contribution in [0.4, 0.5) is 31.5 Å². The van der Waals surface area contributed by atoms with E-state index in [0.29, 0.717) is 33.7 Å². The number of hydrogen-bond acceptors (Lipinski definition) is 6. The number of aromatic nitrogens is 1. The van der Waals surface area contributed by atoms with Gasteiger partial charge in [-0.15, -0.1) is 0 Å². The highest BCUT2D eigenvalue weighted by molar-refractivity contribution is 7.92. The Balaban J connectivity index is 1.31. The molecule has 3 aliphatic rings. The van der Waals surface area contributed by atoms with E-state index < -0.39 is 41.4 Å². The minimum absolute atomic E-state index is 0.346. The molecule has 0 atom stereocenters. The van der Waals surface area contributed by atoms with Gasteiger partial charge in [0.1, 0.15) is 0 Å². The molecule has 40 heavy (non-hydrogen) atoms. The molecule has 1 spiro atoms. The van der Waals surface area contributed by atoms with Crippen LogP contribution in [0.3, 0.4) is 0 Å². The van der Waals surface area contributed by atoms with Gasteiger partial charge in [-0.25, -0.2) is 17.2 Å². The second kappa shape index (κ2) is 9.62. The van der Waals surface area contributed by atoms with Crippen molar-refractivity contribution in [3.8, 4) is 0 Å². The maximum atomic E-state index is 13.7. The maximum absolute atomic E-state index is 13.7. The number of nitrogens with one attached hydrogen (secondary N) is 2. The van der Waals surface area contributed by atoms with Crippen LogP contribution in [0.2, 0.25) is 0 Å². The lowest BCUT2D eigenvalue weighted by Gasteiger charge is -2.41. The molecule has 2 aliphatic heterocycles. The SMILES string of the molecule is Cn1ccc2cc(C(=O)Nc3ccc(NS(=O)(=O)CCO)cc3N3CCC4(CC3)CC4)cc(N3CC(F)(F)C3)c21. The fourth-order valence-electron chi connectivity index (χ4n) is 5.88. The minimum atomic E-state index is -3.72. The lowest BCUT2D eigenvalue weighted by Crippen LogP contribution is -2.56. The monoisotopic (exact) mass is 573 g/mol. The van der Waals surface area contributed by atoms with Gasteiger partial charge in [0.05, 0.1) is 53.7 Å². The van der Waals surface area contributed by atoms with Crippen molar-refractivity contribution in [2.75, 3.05) is 58.4 Å². The molecule has 3 N–H and O–H groups in total. The highest BCUT2D eigenvalue weighted by Gasteiger charge is 2.45. The summed E-state index contributed by atoms with van der Waals surface area (Å²) in [5.74, 6) is -3.55. The first-order chi connectivity index (χ1) is 19.0. The summed E-state index contributed by atoms with van der Waals surface area (Å²) in [6, 6.07) is 10.2. The number of anilines is 4. The largest absolute Gasteiger partial charge is 0.395 e. The van der Waals surface area contributed by atoms with Gasteiger partial charge >= 0.3 is 0 Å². The summed E-state index contributed by atoms with van der Waals surface area (Å²) in [5.41, 5.74) is 3.73. The summed E-state index contributed by atoms with van der Waals surface area (Å²) in [4.78, 5) is 17.3. The highest BCUT2D eigenvalue weighted by Crippen LogP contribution is 2.54. The lowest BCUT2D eigenvalue weighted by atomic mass is 9.93. The van der Waals surface area contributed by atoms with Crippen LogP contribution in [0.25, 0.3) is 10.9 Å². The van der Waals surface area contributed by atoms with Gasteiger partial charge in [-0.05, 0) is 67.5 Å². The van der Waals surface area contributed by atoms with E-state index in [-0.39, 0.29) is 5.91 Å². The van der Waals surface area contributed by atoms with E-state index in [1.807, 2.05) is 23.9 Å². The first-order valence-electron chi connectivity index (χ1n) is 13.5. The van der Waals surface area contributed by atoms with Gasteiger partial charge in [-0.2, -0.15) is 0 Å². The van der Waals surface area contributed by atoms with Gasteiger partial charge in [-0.1, -0.05) is 0 Å². The van der Waals surface area contributed by atoms with E-state index in [2.05, 4.69) is 14.9 Å². The Bertz CT molecular complexity index is 1570. The average Bonchev–Trinajstić information content (AvgIpc) is 3.53. The van der Waals surface area contributed by atoms with Crippen molar-refractivity contribution in [1.82, 2.24) is 4.57 Å². The van der Waals surface area contributed by atoms with Gasteiger partial charge in [0.25, 0.3) is 11.8 Å². The van der Waals surface area contributed by atoms with Gasteiger partial charge in [0, 0.05) is 37.3 Å². The van der Waals surface area contributed by atoms with Crippen LogP contribution < -0.4 is 19.8 Å². The molecule has 1 amide bonds. The fourth-order valence-corrected chi connectivity index (χ4v) is 6.71.